The molecule has 0 aromatic carbocycles. The van der Waals surface area contributed by atoms with Gasteiger partial charge >= 0.3 is 6.09 Å². The van der Waals surface area contributed by atoms with Gasteiger partial charge in [0.2, 0.25) is 0 Å². The largest absolute Gasteiger partial charge is 0.444 e. The lowest BCUT2D eigenvalue weighted by Gasteiger charge is -2.40. The van der Waals surface area contributed by atoms with E-state index in [0.717, 1.165) is 102 Å². The molecule has 7 rings (SSSR count). The summed E-state index contributed by atoms with van der Waals surface area (Å²) in [7, 11) is -2.59. The van der Waals surface area contributed by atoms with Crippen molar-refractivity contribution in [3.63, 3.8) is 0 Å². The van der Waals surface area contributed by atoms with Crippen molar-refractivity contribution >= 4 is 33.7 Å². The zero-order valence-corrected chi connectivity index (χ0v) is 38.4. The maximum Gasteiger partial charge on any atom is 0.410 e. The van der Waals surface area contributed by atoms with E-state index in [0.29, 0.717) is 32.6 Å². The minimum atomic E-state index is -1.30. The van der Waals surface area contributed by atoms with Crippen LogP contribution >= 0.6 is 0 Å². The Labute approximate surface area is 341 Å². The summed E-state index contributed by atoms with van der Waals surface area (Å²) in [5.41, 5.74) is 7.36. The topological polar surface area (TPSA) is 123 Å². The monoisotopic (exact) mass is 814 g/mol. The molecule has 1 amide bonds. The number of piperidine rings is 1. The molecule has 14 heteroatoms. The molecule has 0 radical (unpaired) electrons. The number of hydrogen-bond donors (Lipinski definition) is 1. The Kier molecular flexibility index (Phi) is 11.8. The smallest absolute Gasteiger partial charge is 0.410 e. The van der Waals surface area contributed by atoms with Crippen LogP contribution in [0.3, 0.4) is 0 Å². The van der Waals surface area contributed by atoms with Gasteiger partial charge < -0.3 is 29.0 Å². The molecule has 6 heterocycles. The summed E-state index contributed by atoms with van der Waals surface area (Å²) in [6.07, 6.45) is 9.58. The Balaban J connectivity index is 1.31. The molecule has 4 aromatic heterocycles. The number of amides is 1. The van der Waals surface area contributed by atoms with E-state index < -0.39 is 21.7 Å². The van der Waals surface area contributed by atoms with Crippen LogP contribution in [0.1, 0.15) is 93.8 Å². The third-order valence-corrected chi connectivity index (χ3v) is 15.0. The van der Waals surface area contributed by atoms with Gasteiger partial charge in [0.1, 0.15) is 30.6 Å². The van der Waals surface area contributed by atoms with Crippen molar-refractivity contribution in [2.45, 2.75) is 154 Å². The van der Waals surface area contributed by atoms with Gasteiger partial charge in [0, 0.05) is 75.9 Å². The highest BCUT2D eigenvalue weighted by Gasteiger charge is 2.47. The third-order valence-electron chi connectivity index (χ3n) is 11.6. The summed E-state index contributed by atoms with van der Waals surface area (Å²) in [6, 6.07) is 6.55. The molecule has 3 atom stereocenters. The first-order valence-electron chi connectivity index (χ1n) is 21.2. The van der Waals surface area contributed by atoms with E-state index in [9.17, 15) is 4.79 Å². The molecule has 57 heavy (non-hydrogen) atoms. The van der Waals surface area contributed by atoms with Crippen molar-refractivity contribution in [3.8, 4) is 22.6 Å². The van der Waals surface area contributed by atoms with Crippen molar-refractivity contribution in [3.05, 3.63) is 47.2 Å². The molecule has 12 nitrogen and oxygen atoms in total. The summed E-state index contributed by atoms with van der Waals surface area (Å²) < 4.78 is 21.1. The second kappa shape index (κ2) is 16.2. The van der Waals surface area contributed by atoms with E-state index in [1.165, 1.54) is 5.56 Å². The number of fused-ring (bicyclic) bond motifs is 3. The first kappa shape index (κ1) is 41.6. The highest BCUT2D eigenvalue weighted by molar-refractivity contribution is 6.76. The van der Waals surface area contributed by atoms with Crippen LogP contribution in [0.4, 0.5) is 10.6 Å². The number of carbonyl (C=O) groups excluding carboxylic acids is 1. The number of aryl methyl sites for hydroxylation is 2. The number of carbonyl (C=O) groups is 1. The Morgan fingerprint density at radius 1 is 0.877 bits per heavy atom. The lowest BCUT2D eigenvalue weighted by Crippen LogP contribution is -2.48. The first-order chi connectivity index (χ1) is 26.8. The van der Waals surface area contributed by atoms with E-state index in [4.69, 9.17) is 29.3 Å². The summed E-state index contributed by atoms with van der Waals surface area (Å²) in [5, 5.41) is 5.11. The van der Waals surface area contributed by atoms with Crippen molar-refractivity contribution < 1.29 is 19.0 Å². The van der Waals surface area contributed by atoms with E-state index in [1.807, 2.05) is 62.5 Å². The normalized spacial score (nSPS) is 20.1. The van der Waals surface area contributed by atoms with Crippen LogP contribution < -0.4 is 4.90 Å². The van der Waals surface area contributed by atoms with Gasteiger partial charge in [-0.1, -0.05) is 45.3 Å². The van der Waals surface area contributed by atoms with E-state index in [-0.39, 0.29) is 24.1 Å². The van der Waals surface area contributed by atoms with Crippen LogP contribution in [0.2, 0.25) is 51.4 Å². The lowest BCUT2D eigenvalue weighted by atomic mass is 9.85. The van der Waals surface area contributed by atoms with Gasteiger partial charge in [-0.15, -0.1) is 0 Å². The molecule has 3 fully saturated rings. The average Bonchev–Trinajstić information content (AvgIpc) is 3.70. The van der Waals surface area contributed by atoms with Gasteiger partial charge in [0.05, 0.1) is 17.6 Å². The summed E-state index contributed by atoms with van der Waals surface area (Å²) in [5.74, 6) is 2.36. The van der Waals surface area contributed by atoms with Gasteiger partial charge in [-0.2, -0.15) is 9.61 Å². The van der Waals surface area contributed by atoms with E-state index in [2.05, 4.69) is 60.2 Å². The number of aromatic nitrogens is 6. The number of H-pyrrole nitrogens is 1. The van der Waals surface area contributed by atoms with Crippen LogP contribution in [0.5, 0.6) is 0 Å². The fraction of sp³-hybridized carbons (Fsp3) is 0.651. The number of aromatic amines is 1. The number of anilines is 1. The van der Waals surface area contributed by atoms with Crippen LogP contribution in [0.15, 0.2) is 24.5 Å². The van der Waals surface area contributed by atoms with Crippen LogP contribution in [0, 0.1) is 13.8 Å². The van der Waals surface area contributed by atoms with E-state index in [1.54, 1.807) is 0 Å². The summed E-state index contributed by atoms with van der Waals surface area (Å²) in [4.78, 5) is 36.4. The first-order valence-corrected chi connectivity index (χ1v) is 28.6. The molecule has 1 N–H and O–H groups in total. The molecular weight excluding hydrogens is 749 g/mol. The Morgan fingerprint density at radius 2 is 1.51 bits per heavy atom. The second-order valence-electron chi connectivity index (χ2n) is 20.2. The Bertz CT molecular complexity index is 1990. The van der Waals surface area contributed by atoms with Gasteiger partial charge in [0.25, 0.3) is 0 Å². The third kappa shape index (κ3) is 9.83. The molecule has 2 saturated heterocycles. The zero-order valence-electron chi connectivity index (χ0n) is 36.4. The van der Waals surface area contributed by atoms with Crippen molar-refractivity contribution in [2.75, 3.05) is 31.6 Å². The molecule has 3 aliphatic rings. The molecule has 2 bridgehead atoms. The van der Waals surface area contributed by atoms with Crippen molar-refractivity contribution in [1.29, 1.82) is 0 Å². The molecule has 2 aliphatic heterocycles. The second-order valence-corrected chi connectivity index (χ2v) is 31.4. The lowest BCUT2D eigenvalue weighted by molar-refractivity contribution is 0.00565. The molecule has 4 aromatic rings. The van der Waals surface area contributed by atoms with Crippen molar-refractivity contribution in [1.82, 2.24) is 34.4 Å². The minimum absolute atomic E-state index is 0.123. The van der Waals surface area contributed by atoms with Crippen LogP contribution in [-0.4, -0.2) is 101 Å². The van der Waals surface area contributed by atoms with E-state index >= 15 is 0 Å². The minimum Gasteiger partial charge on any atom is -0.444 e. The maximum atomic E-state index is 13.5. The van der Waals surface area contributed by atoms with Crippen LogP contribution in [-0.2, 0) is 14.2 Å². The predicted octanol–water partition coefficient (Wildman–Crippen LogP) is 9.75. The molecule has 310 valence electrons. The number of imidazole rings is 1. The summed E-state index contributed by atoms with van der Waals surface area (Å²) in [6.45, 7) is 26.5. The maximum absolute atomic E-state index is 13.5. The van der Waals surface area contributed by atoms with Gasteiger partial charge in [-0.3, -0.25) is 4.98 Å². The zero-order chi connectivity index (χ0) is 40.9. The highest BCUT2D eigenvalue weighted by Crippen LogP contribution is 2.52. The SMILES string of the molecule is Cc1nc(-c2ccc(-c3cnn4c(N(COCC[Si](C)(C)C)COCC[Si](C)(C)C)c(C5CC5)c(C5C[C@H]6CC[C@@H](C5)N6C(=O)OC(C)(C)C)nc34)cn2)[nH]c1C. The molecular formula is C43H66N8O4Si2. The number of nitrogens with zero attached hydrogens (tertiary/aromatic N) is 7. The number of ether oxygens (including phenoxy) is 3. The summed E-state index contributed by atoms with van der Waals surface area (Å²) >= 11 is 0. The number of rotatable bonds is 15. The van der Waals surface area contributed by atoms with Crippen molar-refractivity contribution in [2.24, 2.45) is 0 Å². The Morgan fingerprint density at radius 3 is 2.02 bits per heavy atom. The van der Waals surface area contributed by atoms with Gasteiger partial charge in [0.15, 0.2) is 11.5 Å². The number of hydrogen-bond acceptors (Lipinski definition) is 9. The molecule has 1 aliphatic carbocycles. The number of pyridine rings is 1. The van der Waals surface area contributed by atoms with Crippen LogP contribution in [0.25, 0.3) is 28.3 Å². The molecule has 1 saturated carbocycles. The molecule has 0 spiro atoms. The highest BCUT2D eigenvalue weighted by atomic mass is 28.3. The van der Waals surface area contributed by atoms with Gasteiger partial charge in [-0.25, -0.2) is 14.8 Å². The predicted molar refractivity (Wildman–Crippen MR) is 233 cm³/mol. The quantitative estimate of drug-likeness (QED) is 0.0710. The fourth-order valence-electron chi connectivity index (χ4n) is 8.23. The van der Waals surface area contributed by atoms with Gasteiger partial charge in [-0.05, 0) is 97.2 Å². The fourth-order valence-corrected chi connectivity index (χ4v) is 9.74. The Hall–Kier alpha value is -3.60. The standard InChI is InChI=1S/C43H66N8O4Si2/c1-28-29(2)47-39(46-28)36-17-14-31(24-44-36)35-25-45-51-40(35)48-38(32-22-33-15-16-34(23-32)50(33)42(52)55-43(3,4)5)37(30-12-13-30)41(51)49(26-53-18-20-56(6,7)8)27-54-19-21-57(9,10)11/h14,17,24-25,30,32-34H,12-13,15-16,18-23,26-27H2,1-11H3,(H,46,47)/t32?,33-,34+. The molecule has 1 unspecified atom stereocenters. The number of nitrogens with one attached hydrogen (secondary N) is 1. The average molecular weight is 815 g/mol.